The van der Waals surface area contributed by atoms with E-state index in [-0.39, 0.29) is 12.2 Å². The average molecular weight is 353 g/mol. The van der Waals surface area contributed by atoms with Crippen LogP contribution in [0.5, 0.6) is 0 Å². The number of amides is 1. The van der Waals surface area contributed by atoms with Crippen LogP contribution in [0.4, 0.5) is 17.2 Å². The van der Waals surface area contributed by atoms with Crippen molar-refractivity contribution in [1.82, 2.24) is 4.98 Å². The van der Waals surface area contributed by atoms with Gasteiger partial charge in [-0.2, -0.15) is 0 Å². The third kappa shape index (κ3) is 3.43. The Kier molecular flexibility index (Phi) is 4.86. The van der Waals surface area contributed by atoms with Crippen LogP contribution in [0.25, 0.3) is 0 Å². The minimum atomic E-state index is -0.0678. The summed E-state index contributed by atoms with van der Waals surface area (Å²) >= 11 is 0. The van der Waals surface area contributed by atoms with E-state index in [4.69, 9.17) is 9.47 Å². The van der Waals surface area contributed by atoms with Crippen LogP contribution in [0.1, 0.15) is 37.0 Å². The molecule has 1 saturated heterocycles. The van der Waals surface area contributed by atoms with Crippen LogP contribution in [-0.4, -0.2) is 30.7 Å². The number of benzene rings is 1. The number of carbonyl (C=O) groups is 1. The van der Waals surface area contributed by atoms with E-state index in [2.05, 4.69) is 10.3 Å². The Balaban J connectivity index is 1.56. The Bertz CT molecular complexity index is 790. The second-order valence-electron chi connectivity index (χ2n) is 6.76. The summed E-state index contributed by atoms with van der Waals surface area (Å²) in [6.07, 6.45) is 4.91. The summed E-state index contributed by atoms with van der Waals surface area (Å²) in [6, 6.07) is 9.89. The van der Waals surface area contributed by atoms with Gasteiger partial charge in [0.25, 0.3) is 0 Å². The van der Waals surface area contributed by atoms with Gasteiger partial charge in [0.05, 0.1) is 36.7 Å². The van der Waals surface area contributed by atoms with E-state index in [1.807, 2.05) is 37.3 Å². The number of pyridine rings is 1. The summed E-state index contributed by atoms with van der Waals surface area (Å²) in [5.74, 6) is 0.786. The molecule has 136 valence electrons. The molecule has 1 N–H and O–H groups in total. The van der Waals surface area contributed by atoms with Gasteiger partial charge in [-0.25, -0.2) is 4.98 Å². The van der Waals surface area contributed by atoms with Gasteiger partial charge in [-0.05, 0) is 43.5 Å². The minimum absolute atomic E-state index is 0.0678. The molecule has 0 spiro atoms. The zero-order valence-electron chi connectivity index (χ0n) is 14.9. The molecule has 2 atom stereocenters. The van der Waals surface area contributed by atoms with Crippen molar-refractivity contribution in [2.24, 2.45) is 0 Å². The van der Waals surface area contributed by atoms with Crippen LogP contribution in [0.3, 0.4) is 0 Å². The first-order chi connectivity index (χ1) is 12.7. The highest BCUT2D eigenvalue weighted by Crippen LogP contribution is 2.36. The molecule has 1 aromatic heterocycles. The van der Waals surface area contributed by atoms with Gasteiger partial charge in [0, 0.05) is 18.4 Å². The second-order valence-corrected chi connectivity index (χ2v) is 6.76. The predicted molar refractivity (Wildman–Crippen MR) is 99.5 cm³/mol. The molecule has 1 aromatic carbocycles. The van der Waals surface area contributed by atoms with Crippen LogP contribution >= 0.6 is 0 Å². The predicted octanol–water partition coefficient (Wildman–Crippen LogP) is 3.56. The van der Waals surface area contributed by atoms with E-state index in [1.165, 1.54) is 0 Å². The Labute approximate surface area is 153 Å². The maximum Gasteiger partial charge on any atom is 0.214 e. The lowest BCUT2D eigenvalue weighted by Gasteiger charge is -2.21. The second kappa shape index (κ2) is 7.43. The van der Waals surface area contributed by atoms with Crippen molar-refractivity contribution in [1.29, 1.82) is 0 Å². The molecule has 6 nitrogen and oxygen atoms in total. The molecule has 2 aliphatic heterocycles. The number of anilines is 3. The van der Waals surface area contributed by atoms with Gasteiger partial charge in [0.1, 0.15) is 5.82 Å². The number of ether oxygens (including phenoxy) is 2. The van der Waals surface area contributed by atoms with Crippen molar-refractivity contribution in [2.75, 3.05) is 23.4 Å². The molecule has 2 unspecified atom stereocenters. The summed E-state index contributed by atoms with van der Waals surface area (Å²) in [5.41, 5.74) is 3.72. The Morgan fingerprint density at radius 2 is 2.38 bits per heavy atom. The summed E-state index contributed by atoms with van der Waals surface area (Å²) in [5, 5.41) is 3.34. The zero-order chi connectivity index (χ0) is 17.9. The molecule has 2 aliphatic rings. The van der Waals surface area contributed by atoms with Gasteiger partial charge in [-0.3, -0.25) is 4.79 Å². The van der Waals surface area contributed by atoms with Crippen LogP contribution in [0, 0.1) is 0 Å². The Hall–Kier alpha value is -2.44. The van der Waals surface area contributed by atoms with Crippen molar-refractivity contribution < 1.29 is 14.3 Å². The highest BCUT2D eigenvalue weighted by molar-refractivity contribution is 5.87. The van der Waals surface area contributed by atoms with E-state index in [9.17, 15) is 4.79 Å². The highest BCUT2D eigenvalue weighted by atomic mass is 16.5. The lowest BCUT2D eigenvalue weighted by Crippen LogP contribution is -2.20. The van der Waals surface area contributed by atoms with Crippen molar-refractivity contribution >= 4 is 23.6 Å². The van der Waals surface area contributed by atoms with Gasteiger partial charge in [0.15, 0.2) is 0 Å². The maximum atomic E-state index is 11.7. The van der Waals surface area contributed by atoms with Crippen LogP contribution < -0.4 is 10.2 Å². The molecule has 3 heterocycles. The van der Waals surface area contributed by atoms with E-state index in [1.54, 1.807) is 11.1 Å². The fraction of sp³-hybridized carbons (Fsp3) is 0.400. The molecule has 26 heavy (non-hydrogen) atoms. The van der Waals surface area contributed by atoms with Crippen molar-refractivity contribution in [2.45, 2.75) is 38.5 Å². The van der Waals surface area contributed by atoms with Gasteiger partial charge in [-0.1, -0.05) is 12.1 Å². The lowest BCUT2D eigenvalue weighted by molar-refractivity contribution is -0.107. The summed E-state index contributed by atoms with van der Waals surface area (Å²) in [6.45, 7) is 3.95. The summed E-state index contributed by atoms with van der Waals surface area (Å²) in [4.78, 5) is 17.8. The molecule has 0 aliphatic carbocycles. The SMILES string of the molecule is CC(OCC1CCCO1)c1ccc2c(c1)N(C=O)Cc1cccnc1N2. The molecular formula is C20H23N3O3. The first-order valence-electron chi connectivity index (χ1n) is 9.04. The van der Waals surface area contributed by atoms with E-state index in [0.29, 0.717) is 13.2 Å². The Morgan fingerprint density at radius 1 is 1.46 bits per heavy atom. The van der Waals surface area contributed by atoms with E-state index in [0.717, 1.165) is 54.2 Å². The quantitative estimate of drug-likeness (QED) is 0.833. The lowest BCUT2D eigenvalue weighted by atomic mass is 10.1. The maximum absolute atomic E-state index is 11.7. The number of aromatic nitrogens is 1. The molecular weight excluding hydrogens is 330 g/mol. The van der Waals surface area contributed by atoms with Crippen LogP contribution in [0.2, 0.25) is 0 Å². The molecule has 0 saturated carbocycles. The third-order valence-corrected chi connectivity index (χ3v) is 4.97. The molecule has 1 fully saturated rings. The highest BCUT2D eigenvalue weighted by Gasteiger charge is 2.22. The number of hydrogen-bond donors (Lipinski definition) is 1. The summed E-state index contributed by atoms with van der Waals surface area (Å²) in [7, 11) is 0. The van der Waals surface area contributed by atoms with E-state index >= 15 is 0 Å². The van der Waals surface area contributed by atoms with Gasteiger partial charge in [-0.15, -0.1) is 0 Å². The zero-order valence-corrected chi connectivity index (χ0v) is 14.9. The average Bonchev–Trinajstić information content (AvgIpc) is 3.13. The molecule has 6 heteroatoms. The summed E-state index contributed by atoms with van der Waals surface area (Å²) < 4.78 is 11.6. The standard InChI is InChI=1S/C20H23N3O3/c1-14(26-12-17-5-3-9-25-17)15-6-7-18-19(10-15)23(13-24)11-16-4-2-8-21-20(16)22-18/h2,4,6-8,10,13-14,17H,3,5,9,11-12H2,1H3,(H,21,22). The first-order valence-corrected chi connectivity index (χ1v) is 9.04. The number of nitrogens with zero attached hydrogens (tertiary/aromatic N) is 2. The Morgan fingerprint density at radius 3 is 3.19 bits per heavy atom. The number of hydrogen-bond acceptors (Lipinski definition) is 5. The number of nitrogens with one attached hydrogen (secondary N) is 1. The van der Waals surface area contributed by atoms with Gasteiger partial charge in [0.2, 0.25) is 6.41 Å². The van der Waals surface area contributed by atoms with Crippen LogP contribution in [-0.2, 0) is 20.8 Å². The molecule has 1 amide bonds. The van der Waals surface area contributed by atoms with Crippen molar-refractivity contribution in [3.05, 3.63) is 47.7 Å². The third-order valence-electron chi connectivity index (χ3n) is 4.97. The molecule has 2 aromatic rings. The number of carbonyl (C=O) groups excluding carboxylic acids is 1. The van der Waals surface area contributed by atoms with Crippen molar-refractivity contribution in [3.63, 3.8) is 0 Å². The number of fused-ring (bicyclic) bond motifs is 2. The normalized spacial score (nSPS) is 19.9. The smallest absolute Gasteiger partial charge is 0.214 e. The first kappa shape index (κ1) is 17.0. The fourth-order valence-corrected chi connectivity index (χ4v) is 3.44. The van der Waals surface area contributed by atoms with Crippen LogP contribution in [0.15, 0.2) is 36.5 Å². The number of rotatable bonds is 5. The van der Waals surface area contributed by atoms with Gasteiger partial charge >= 0.3 is 0 Å². The minimum Gasteiger partial charge on any atom is -0.376 e. The van der Waals surface area contributed by atoms with Gasteiger partial charge < -0.3 is 19.7 Å². The molecule has 4 rings (SSSR count). The van der Waals surface area contributed by atoms with Crippen molar-refractivity contribution in [3.8, 4) is 0 Å². The topological polar surface area (TPSA) is 63.7 Å². The molecule has 0 radical (unpaired) electrons. The fourth-order valence-electron chi connectivity index (χ4n) is 3.44. The van der Waals surface area contributed by atoms with E-state index < -0.39 is 0 Å². The molecule has 0 bridgehead atoms. The monoisotopic (exact) mass is 353 g/mol. The largest absolute Gasteiger partial charge is 0.376 e.